The van der Waals surface area contributed by atoms with Crippen molar-refractivity contribution in [2.24, 2.45) is 5.92 Å². The molecule has 26 heavy (non-hydrogen) atoms. The molecule has 0 aromatic heterocycles. The van der Waals surface area contributed by atoms with E-state index >= 15 is 0 Å². The molecule has 3 atom stereocenters. The maximum atomic E-state index is 13.8. The fourth-order valence-corrected chi connectivity index (χ4v) is 3.28. The van der Waals surface area contributed by atoms with E-state index in [-0.39, 0.29) is 12.0 Å². The molecular formula is C20H19F3O3. The van der Waals surface area contributed by atoms with E-state index in [0.29, 0.717) is 5.75 Å². The first-order valence-corrected chi connectivity index (χ1v) is 8.26. The second kappa shape index (κ2) is 6.67. The first-order chi connectivity index (χ1) is 12.3. The average Bonchev–Trinajstić information content (AvgIpc) is 3.40. The van der Waals surface area contributed by atoms with E-state index in [1.54, 1.807) is 31.2 Å². The molecule has 1 aliphatic carbocycles. The number of alkyl halides is 3. The molecule has 3 nitrogen and oxygen atoms in total. The number of carbonyl (C=O) groups excluding carboxylic acids is 1. The van der Waals surface area contributed by atoms with Crippen molar-refractivity contribution in [1.29, 1.82) is 0 Å². The van der Waals surface area contributed by atoms with Crippen LogP contribution in [0.4, 0.5) is 13.2 Å². The smallest absolute Gasteiger partial charge is 0.399 e. The minimum Gasteiger partial charge on any atom is -0.497 e. The van der Waals surface area contributed by atoms with E-state index in [1.807, 2.05) is 6.07 Å². The Kier molecular flexibility index (Phi) is 4.69. The van der Waals surface area contributed by atoms with Gasteiger partial charge in [-0.2, -0.15) is 13.2 Å². The second-order valence-electron chi connectivity index (χ2n) is 6.44. The number of carbonyl (C=O) groups is 1. The largest absolute Gasteiger partial charge is 0.497 e. The van der Waals surface area contributed by atoms with Crippen molar-refractivity contribution in [3.63, 3.8) is 0 Å². The van der Waals surface area contributed by atoms with Gasteiger partial charge in [0.1, 0.15) is 17.3 Å². The van der Waals surface area contributed by atoms with Crippen LogP contribution in [0.5, 0.6) is 5.75 Å². The Hall–Kier alpha value is -2.50. The molecular weight excluding hydrogens is 345 g/mol. The van der Waals surface area contributed by atoms with Crippen LogP contribution in [0, 0.1) is 5.92 Å². The van der Waals surface area contributed by atoms with Crippen LogP contribution in [-0.2, 0) is 14.9 Å². The van der Waals surface area contributed by atoms with Gasteiger partial charge >= 0.3 is 12.1 Å². The standard InChI is InChI=1S/C20H19F3O3/c1-13(14-6-4-3-5-7-14)26-18(24)17-12-19(17,20(21,22)23)15-8-10-16(25-2)11-9-15/h3-11,13,17H,12H2,1-2H3/t13-,17?,19?/m0/s1. The average molecular weight is 364 g/mol. The normalized spacial score (nSPS) is 23.2. The molecule has 1 saturated carbocycles. The van der Waals surface area contributed by atoms with Crippen molar-refractivity contribution in [3.05, 3.63) is 65.7 Å². The fourth-order valence-electron chi connectivity index (χ4n) is 3.28. The number of halogens is 3. The Morgan fingerprint density at radius 2 is 1.73 bits per heavy atom. The minimum absolute atomic E-state index is 0.0557. The number of methoxy groups -OCH3 is 1. The number of hydrogen-bond donors (Lipinski definition) is 0. The first-order valence-electron chi connectivity index (χ1n) is 8.26. The van der Waals surface area contributed by atoms with Crippen LogP contribution in [-0.4, -0.2) is 19.3 Å². The summed E-state index contributed by atoms with van der Waals surface area (Å²) in [6.07, 6.45) is -5.45. The topological polar surface area (TPSA) is 35.5 Å². The van der Waals surface area contributed by atoms with E-state index in [9.17, 15) is 18.0 Å². The van der Waals surface area contributed by atoms with Crippen LogP contribution in [0.2, 0.25) is 0 Å². The van der Waals surface area contributed by atoms with Crippen molar-refractivity contribution in [2.45, 2.75) is 31.0 Å². The number of esters is 1. The highest BCUT2D eigenvalue weighted by Gasteiger charge is 2.74. The molecule has 0 aliphatic heterocycles. The lowest BCUT2D eigenvalue weighted by molar-refractivity contribution is -0.174. The summed E-state index contributed by atoms with van der Waals surface area (Å²) in [5.41, 5.74) is -1.39. The Morgan fingerprint density at radius 1 is 1.12 bits per heavy atom. The Labute approximate surface area is 149 Å². The van der Waals surface area contributed by atoms with Crippen molar-refractivity contribution in [2.75, 3.05) is 7.11 Å². The number of ether oxygens (including phenoxy) is 2. The SMILES string of the molecule is COc1ccc(C2(C(F)(F)F)CC2C(=O)O[C@@H](C)c2ccccc2)cc1. The third-order valence-corrected chi connectivity index (χ3v) is 4.92. The lowest BCUT2D eigenvalue weighted by Gasteiger charge is -2.22. The molecule has 1 aliphatic rings. The Balaban J connectivity index is 1.80. The van der Waals surface area contributed by atoms with Crippen LogP contribution in [0.25, 0.3) is 0 Å². The summed E-state index contributed by atoms with van der Waals surface area (Å²) < 4.78 is 51.7. The zero-order valence-corrected chi connectivity index (χ0v) is 14.4. The monoisotopic (exact) mass is 364 g/mol. The summed E-state index contributed by atoms with van der Waals surface area (Å²) in [5.74, 6) is -1.60. The van der Waals surface area contributed by atoms with Crippen molar-refractivity contribution >= 4 is 5.97 Å². The molecule has 0 radical (unpaired) electrons. The highest BCUT2D eigenvalue weighted by molar-refractivity contribution is 5.80. The molecule has 6 heteroatoms. The van der Waals surface area contributed by atoms with E-state index in [1.165, 1.54) is 31.4 Å². The summed E-state index contributed by atoms with van der Waals surface area (Å²) in [6, 6.07) is 14.6. The van der Waals surface area contributed by atoms with E-state index in [0.717, 1.165) is 5.56 Å². The maximum Gasteiger partial charge on any atom is 0.399 e. The summed E-state index contributed by atoms with van der Waals surface area (Å²) in [5, 5.41) is 0. The molecule has 0 N–H and O–H groups in total. The maximum absolute atomic E-state index is 13.8. The highest BCUT2D eigenvalue weighted by Crippen LogP contribution is 2.64. The number of rotatable bonds is 5. The van der Waals surface area contributed by atoms with Crippen LogP contribution in [0.3, 0.4) is 0 Å². The molecule has 2 aromatic rings. The van der Waals surface area contributed by atoms with Crippen LogP contribution in [0.15, 0.2) is 54.6 Å². The molecule has 0 heterocycles. The zero-order valence-electron chi connectivity index (χ0n) is 14.4. The second-order valence-corrected chi connectivity index (χ2v) is 6.44. The molecule has 0 bridgehead atoms. The highest BCUT2D eigenvalue weighted by atomic mass is 19.4. The van der Waals surface area contributed by atoms with Crippen LogP contribution < -0.4 is 4.74 Å². The van der Waals surface area contributed by atoms with Gasteiger partial charge in [-0.15, -0.1) is 0 Å². The van der Waals surface area contributed by atoms with Crippen LogP contribution >= 0.6 is 0 Å². The van der Waals surface area contributed by atoms with Gasteiger partial charge in [-0.05, 0) is 36.6 Å². The zero-order chi connectivity index (χ0) is 18.9. The van der Waals surface area contributed by atoms with Gasteiger partial charge in [-0.25, -0.2) is 0 Å². The van der Waals surface area contributed by atoms with Gasteiger partial charge in [0.25, 0.3) is 0 Å². The summed E-state index contributed by atoms with van der Waals surface area (Å²) >= 11 is 0. The van der Waals surface area contributed by atoms with E-state index in [2.05, 4.69) is 0 Å². The fraction of sp³-hybridized carbons (Fsp3) is 0.350. The Bertz CT molecular complexity index is 771. The van der Waals surface area contributed by atoms with Gasteiger partial charge in [0.15, 0.2) is 0 Å². The number of hydrogen-bond acceptors (Lipinski definition) is 3. The van der Waals surface area contributed by atoms with E-state index in [4.69, 9.17) is 9.47 Å². The van der Waals surface area contributed by atoms with E-state index < -0.39 is 29.6 Å². The molecule has 2 unspecified atom stereocenters. The summed E-state index contributed by atoms with van der Waals surface area (Å²) in [6.45, 7) is 1.65. The minimum atomic E-state index is -4.54. The molecule has 138 valence electrons. The van der Waals surface area contributed by atoms with Gasteiger partial charge in [-0.3, -0.25) is 4.79 Å². The van der Waals surface area contributed by atoms with Crippen molar-refractivity contribution in [3.8, 4) is 5.75 Å². The van der Waals surface area contributed by atoms with Gasteiger partial charge in [0.05, 0.1) is 13.0 Å². The van der Waals surface area contributed by atoms with Crippen molar-refractivity contribution < 1.29 is 27.4 Å². The molecule has 3 rings (SSSR count). The lowest BCUT2D eigenvalue weighted by Crippen LogP contribution is -2.33. The van der Waals surface area contributed by atoms with Gasteiger partial charge in [-0.1, -0.05) is 42.5 Å². The predicted molar refractivity (Wildman–Crippen MR) is 89.8 cm³/mol. The summed E-state index contributed by atoms with van der Waals surface area (Å²) in [7, 11) is 1.44. The molecule has 0 spiro atoms. The third-order valence-electron chi connectivity index (χ3n) is 4.92. The van der Waals surface area contributed by atoms with Gasteiger partial charge in [0, 0.05) is 0 Å². The Morgan fingerprint density at radius 3 is 2.27 bits per heavy atom. The quantitative estimate of drug-likeness (QED) is 0.714. The summed E-state index contributed by atoms with van der Waals surface area (Å²) in [4.78, 5) is 12.4. The first kappa shape index (κ1) is 18.3. The third kappa shape index (κ3) is 3.16. The van der Waals surface area contributed by atoms with Crippen molar-refractivity contribution in [1.82, 2.24) is 0 Å². The lowest BCUT2D eigenvalue weighted by atomic mass is 9.92. The molecule has 0 saturated heterocycles. The predicted octanol–water partition coefficient (Wildman–Crippen LogP) is 4.82. The molecule has 1 fully saturated rings. The molecule has 0 amide bonds. The van der Waals surface area contributed by atoms with Gasteiger partial charge < -0.3 is 9.47 Å². The van der Waals surface area contributed by atoms with Gasteiger partial charge in [0.2, 0.25) is 0 Å². The van der Waals surface area contributed by atoms with Crippen LogP contribution in [0.1, 0.15) is 30.6 Å². The molecule has 2 aromatic carbocycles. The number of benzene rings is 2.